The topological polar surface area (TPSA) is 72.9 Å². The molecule has 0 aromatic heterocycles. The maximum atomic E-state index is 11.9. The fraction of sp³-hybridized carbons (Fsp3) is 0.750. The Bertz CT molecular complexity index is 301. The Hall–Kier alpha value is -1.59. The van der Waals surface area contributed by atoms with Crippen molar-refractivity contribution in [3.63, 3.8) is 0 Å². The molecule has 1 amide bonds. The second-order valence-electron chi connectivity index (χ2n) is 4.00. The van der Waals surface area contributed by atoms with Gasteiger partial charge in [0.05, 0.1) is 20.1 Å². The summed E-state index contributed by atoms with van der Waals surface area (Å²) in [5.74, 6) is -1.15. The van der Waals surface area contributed by atoms with Crippen molar-refractivity contribution >= 4 is 17.8 Å². The van der Waals surface area contributed by atoms with Crippen molar-refractivity contribution in [1.29, 1.82) is 0 Å². The van der Waals surface area contributed by atoms with E-state index in [1.807, 2.05) is 0 Å². The Labute approximate surface area is 107 Å². The molecule has 0 bridgehead atoms. The first kappa shape index (κ1) is 16.4. The molecule has 0 rings (SSSR count). The number of methoxy groups -OCH3 is 1. The molecule has 0 spiro atoms. The summed E-state index contributed by atoms with van der Waals surface area (Å²) in [6, 6.07) is -0.126. The van der Waals surface area contributed by atoms with Crippen LogP contribution in [0.5, 0.6) is 0 Å². The minimum absolute atomic E-state index is 0.0249. The second kappa shape index (κ2) is 8.49. The third kappa shape index (κ3) is 6.22. The van der Waals surface area contributed by atoms with E-state index >= 15 is 0 Å². The van der Waals surface area contributed by atoms with Crippen LogP contribution in [0.15, 0.2) is 0 Å². The van der Waals surface area contributed by atoms with Gasteiger partial charge in [0.25, 0.3) is 0 Å². The van der Waals surface area contributed by atoms with Crippen LogP contribution in [0.1, 0.15) is 33.6 Å². The lowest BCUT2D eigenvalue weighted by molar-refractivity contribution is -0.149. The zero-order chi connectivity index (χ0) is 14.1. The highest BCUT2D eigenvalue weighted by atomic mass is 16.5. The van der Waals surface area contributed by atoms with E-state index in [9.17, 15) is 14.4 Å². The first-order chi connectivity index (χ1) is 8.42. The monoisotopic (exact) mass is 259 g/mol. The molecule has 6 heteroatoms. The number of carbonyl (C=O) groups is 3. The predicted octanol–water partition coefficient (Wildman–Crippen LogP) is 0.740. The van der Waals surface area contributed by atoms with Crippen molar-refractivity contribution in [2.45, 2.75) is 39.7 Å². The molecule has 18 heavy (non-hydrogen) atoms. The second-order valence-corrected chi connectivity index (χ2v) is 4.00. The lowest BCUT2D eigenvalue weighted by Crippen LogP contribution is -2.41. The van der Waals surface area contributed by atoms with Crippen LogP contribution in [0.4, 0.5) is 0 Å². The number of nitrogens with zero attached hydrogens (tertiary/aromatic N) is 1. The summed E-state index contributed by atoms with van der Waals surface area (Å²) in [5.41, 5.74) is 0. The van der Waals surface area contributed by atoms with Gasteiger partial charge in [-0.1, -0.05) is 0 Å². The van der Waals surface area contributed by atoms with Crippen molar-refractivity contribution in [2.75, 3.05) is 20.3 Å². The molecule has 0 radical (unpaired) electrons. The standard InChI is InChI=1S/C12H21NO5/c1-5-18-11(15)7-6-10(14)13(9(2)3)8-12(16)17-4/h9H,5-8H2,1-4H3. The van der Waals surface area contributed by atoms with Crippen LogP contribution in [0.3, 0.4) is 0 Å². The largest absolute Gasteiger partial charge is 0.468 e. The van der Waals surface area contributed by atoms with Gasteiger partial charge in [-0.15, -0.1) is 0 Å². The number of amides is 1. The van der Waals surface area contributed by atoms with Crippen molar-refractivity contribution in [3.05, 3.63) is 0 Å². The maximum absolute atomic E-state index is 11.9. The van der Waals surface area contributed by atoms with Gasteiger partial charge in [-0.05, 0) is 20.8 Å². The van der Waals surface area contributed by atoms with Crippen LogP contribution >= 0.6 is 0 Å². The number of ether oxygens (including phenoxy) is 2. The Morgan fingerprint density at radius 1 is 1.11 bits per heavy atom. The Balaban J connectivity index is 4.31. The normalized spacial score (nSPS) is 10.1. The summed E-state index contributed by atoms with van der Waals surface area (Å²) in [6.07, 6.45) is 0.0606. The summed E-state index contributed by atoms with van der Waals surface area (Å²) in [6.45, 7) is 5.49. The average molecular weight is 259 g/mol. The number of esters is 2. The third-order valence-corrected chi connectivity index (χ3v) is 2.32. The summed E-state index contributed by atoms with van der Waals surface area (Å²) in [5, 5.41) is 0. The smallest absolute Gasteiger partial charge is 0.325 e. The van der Waals surface area contributed by atoms with Gasteiger partial charge in [0.1, 0.15) is 6.54 Å². The highest BCUT2D eigenvalue weighted by Gasteiger charge is 2.21. The highest BCUT2D eigenvalue weighted by Crippen LogP contribution is 2.05. The molecule has 0 fully saturated rings. The van der Waals surface area contributed by atoms with Gasteiger partial charge in [-0.3, -0.25) is 14.4 Å². The summed E-state index contributed by atoms with van der Waals surface area (Å²) in [4.78, 5) is 35.5. The minimum atomic E-state index is -0.479. The number of hydrogen-bond donors (Lipinski definition) is 0. The summed E-state index contributed by atoms with van der Waals surface area (Å²) >= 11 is 0. The van der Waals surface area contributed by atoms with Gasteiger partial charge < -0.3 is 14.4 Å². The SMILES string of the molecule is CCOC(=O)CCC(=O)N(CC(=O)OC)C(C)C. The van der Waals surface area contributed by atoms with Gasteiger partial charge in [0, 0.05) is 12.5 Å². The molecule has 0 heterocycles. The quantitative estimate of drug-likeness (QED) is 0.630. The first-order valence-electron chi connectivity index (χ1n) is 5.94. The van der Waals surface area contributed by atoms with E-state index in [0.717, 1.165) is 0 Å². The van der Waals surface area contributed by atoms with Crippen molar-refractivity contribution in [3.8, 4) is 0 Å². The number of carbonyl (C=O) groups excluding carboxylic acids is 3. The Morgan fingerprint density at radius 3 is 2.17 bits per heavy atom. The van der Waals surface area contributed by atoms with E-state index in [2.05, 4.69) is 4.74 Å². The minimum Gasteiger partial charge on any atom is -0.468 e. The van der Waals surface area contributed by atoms with Gasteiger partial charge in [-0.2, -0.15) is 0 Å². The van der Waals surface area contributed by atoms with E-state index in [1.54, 1.807) is 20.8 Å². The molecule has 0 atom stereocenters. The van der Waals surface area contributed by atoms with Crippen molar-refractivity contribution < 1.29 is 23.9 Å². The fourth-order valence-electron chi connectivity index (χ4n) is 1.35. The lowest BCUT2D eigenvalue weighted by Gasteiger charge is -2.25. The van der Waals surface area contributed by atoms with E-state index in [-0.39, 0.29) is 31.3 Å². The highest BCUT2D eigenvalue weighted by molar-refractivity contribution is 5.84. The molecule has 0 N–H and O–H groups in total. The maximum Gasteiger partial charge on any atom is 0.325 e. The van der Waals surface area contributed by atoms with E-state index < -0.39 is 11.9 Å². The first-order valence-corrected chi connectivity index (χ1v) is 5.94. The molecule has 104 valence electrons. The number of hydrogen-bond acceptors (Lipinski definition) is 5. The third-order valence-electron chi connectivity index (χ3n) is 2.32. The van der Waals surface area contributed by atoms with Crippen LogP contribution in [0.25, 0.3) is 0 Å². The van der Waals surface area contributed by atoms with Gasteiger partial charge in [0.15, 0.2) is 0 Å². The zero-order valence-electron chi connectivity index (χ0n) is 11.4. The molecular weight excluding hydrogens is 238 g/mol. The summed E-state index contributed by atoms with van der Waals surface area (Å²) < 4.78 is 9.25. The molecule has 0 aromatic rings. The fourth-order valence-corrected chi connectivity index (χ4v) is 1.35. The van der Waals surface area contributed by atoms with Gasteiger partial charge in [-0.25, -0.2) is 0 Å². The van der Waals surface area contributed by atoms with Crippen LogP contribution in [0.2, 0.25) is 0 Å². The molecule has 0 saturated heterocycles. The zero-order valence-corrected chi connectivity index (χ0v) is 11.4. The van der Waals surface area contributed by atoms with Crippen LogP contribution < -0.4 is 0 Å². The number of rotatable bonds is 7. The van der Waals surface area contributed by atoms with Crippen LogP contribution in [-0.2, 0) is 23.9 Å². The van der Waals surface area contributed by atoms with Gasteiger partial charge >= 0.3 is 11.9 Å². The molecular formula is C12H21NO5. The van der Waals surface area contributed by atoms with Crippen molar-refractivity contribution in [1.82, 2.24) is 4.90 Å². The Morgan fingerprint density at radius 2 is 1.72 bits per heavy atom. The molecule has 0 aliphatic heterocycles. The van der Waals surface area contributed by atoms with E-state index in [4.69, 9.17) is 4.74 Å². The Kier molecular flexibility index (Phi) is 7.74. The molecule has 0 aliphatic carbocycles. The van der Waals surface area contributed by atoms with Crippen LogP contribution in [-0.4, -0.2) is 49.0 Å². The molecule has 0 unspecified atom stereocenters. The van der Waals surface area contributed by atoms with Crippen LogP contribution in [0, 0.1) is 0 Å². The van der Waals surface area contributed by atoms with Gasteiger partial charge in [0.2, 0.25) is 5.91 Å². The van der Waals surface area contributed by atoms with E-state index in [0.29, 0.717) is 6.61 Å². The average Bonchev–Trinajstić information content (AvgIpc) is 2.32. The lowest BCUT2D eigenvalue weighted by atomic mass is 10.2. The molecule has 0 aliphatic rings. The molecule has 0 aromatic carbocycles. The molecule has 6 nitrogen and oxygen atoms in total. The van der Waals surface area contributed by atoms with E-state index in [1.165, 1.54) is 12.0 Å². The predicted molar refractivity (Wildman–Crippen MR) is 64.7 cm³/mol. The van der Waals surface area contributed by atoms with Crippen molar-refractivity contribution in [2.24, 2.45) is 0 Å². The summed E-state index contributed by atoms with van der Waals surface area (Å²) in [7, 11) is 1.27. The molecule has 0 saturated carbocycles.